The number of nitrogens with zero attached hydrogens (tertiary/aromatic N) is 1. The van der Waals surface area contributed by atoms with Crippen molar-refractivity contribution < 1.29 is 9.53 Å². The summed E-state index contributed by atoms with van der Waals surface area (Å²) in [4.78, 5) is 14.6. The highest BCUT2D eigenvalue weighted by Crippen LogP contribution is 2.26. The quantitative estimate of drug-likeness (QED) is 0.632. The van der Waals surface area contributed by atoms with Crippen LogP contribution in [0.15, 0.2) is 48.5 Å². The molecule has 0 unspecified atom stereocenters. The minimum absolute atomic E-state index is 0.0138. The van der Waals surface area contributed by atoms with Crippen LogP contribution >= 0.6 is 0 Å². The molecule has 1 amide bonds. The van der Waals surface area contributed by atoms with Crippen molar-refractivity contribution in [3.05, 3.63) is 54.1 Å². The van der Waals surface area contributed by atoms with Crippen molar-refractivity contribution in [1.29, 1.82) is 0 Å². The Morgan fingerprint density at radius 2 is 1.89 bits per heavy atom. The number of carbonyl (C=O) groups excluding carboxylic acids is 1. The SMILES string of the molecule is CCCCCCOc1ccc(NC(=O)CN2CCCc3ccccc32)cc1. The Hall–Kier alpha value is -2.49. The second-order valence-electron chi connectivity index (χ2n) is 7.14. The van der Waals surface area contributed by atoms with E-state index in [9.17, 15) is 4.79 Å². The second kappa shape index (κ2) is 10.0. The summed E-state index contributed by atoms with van der Waals surface area (Å²) in [6, 6.07) is 16.0. The van der Waals surface area contributed by atoms with Gasteiger partial charge in [-0.25, -0.2) is 0 Å². The Bertz CT molecular complexity index is 727. The summed E-state index contributed by atoms with van der Waals surface area (Å²) in [6.07, 6.45) is 6.98. The normalized spacial score (nSPS) is 13.1. The summed E-state index contributed by atoms with van der Waals surface area (Å²) >= 11 is 0. The van der Waals surface area contributed by atoms with Crippen molar-refractivity contribution in [3.8, 4) is 5.75 Å². The molecule has 1 heterocycles. The van der Waals surface area contributed by atoms with Gasteiger partial charge in [-0.05, 0) is 55.2 Å². The number of hydrogen-bond donors (Lipinski definition) is 1. The summed E-state index contributed by atoms with van der Waals surface area (Å²) < 4.78 is 5.75. The largest absolute Gasteiger partial charge is 0.494 e. The second-order valence-corrected chi connectivity index (χ2v) is 7.14. The highest BCUT2D eigenvalue weighted by atomic mass is 16.5. The summed E-state index contributed by atoms with van der Waals surface area (Å²) in [6.45, 7) is 4.26. The van der Waals surface area contributed by atoms with Gasteiger partial charge in [0.25, 0.3) is 0 Å². The van der Waals surface area contributed by atoms with Crippen molar-refractivity contribution in [2.75, 3.05) is 29.9 Å². The van der Waals surface area contributed by atoms with Crippen LogP contribution in [0.3, 0.4) is 0 Å². The van der Waals surface area contributed by atoms with Crippen molar-refractivity contribution in [1.82, 2.24) is 0 Å². The molecule has 2 aromatic carbocycles. The highest BCUT2D eigenvalue weighted by Gasteiger charge is 2.18. The lowest BCUT2D eigenvalue weighted by molar-refractivity contribution is -0.115. The highest BCUT2D eigenvalue weighted by molar-refractivity contribution is 5.94. The molecular weight excluding hydrogens is 336 g/mol. The lowest BCUT2D eigenvalue weighted by atomic mass is 10.0. The van der Waals surface area contributed by atoms with Crippen LogP contribution in [0.25, 0.3) is 0 Å². The first-order valence-corrected chi connectivity index (χ1v) is 10.1. The minimum Gasteiger partial charge on any atom is -0.494 e. The van der Waals surface area contributed by atoms with Gasteiger partial charge in [0.05, 0.1) is 13.2 Å². The number of amides is 1. The van der Waals surface area contributed by atoms with Crippen LogP contribution in [0.1, 0.15) is 44.6 Å². The molecule has 0 spiro atoms. The molecule has 27 heavy (non-hydrogen) atoms. The molecule has 0 saturated heterocycles. The van der Waals surface area contributed by atoms with Gasteiger partial charge in [-0.1, -0.05) is 44.4 Å². The fourth-order valence-electron chi connectivity index (χ4n) is 3.50. The third kappa shape index (κ3) is 5.75. The number of para-hydroxylation sites is 1. The van der Waals surface area contributed by atoms with E-state index in [4.69, 9.17) is 4.74 Å². The Morgan fingerprint density at radius 1 is 1.07 bits per heavy atom. The molecule has 1 N–H and O–H groups in total. The lowest BCUT2D eigenvalue weighted by Crippen LogP contribution is -2.36. The summed E-state index contributed by atoms with van der Waals surface area (Å²) in [7, 11) is 0. The molecule has 0 bridgehead atoms. The summed E-state index contributed by atoms with van der Waals surface area (Å²) in [5.74, 6) is 0.870. The first-order chi connectivity index (χ1) is 13.3. The predicted molar refractivity (Wildman–Crippen MR) is 112 cm³/mol. The van der Waals surface area contributed by atoms with E-state index in [1.54, 1.807) is 0 Å². The molecule has 0 fully saturated rings. The van der Waals surface area contributed by atoms with Crippen LogP contribution in [0.5, 0.6) is 5.75 Å². The van der Waals surface area contributed by atoms with Gasteiger partial charge < -0.3 is 15.0 Å². The fourth-order valence-corrected chi connectivity index (χ4v) is 3.50. The van der Waals surface area contributed by atoms with Crippen molar-refractivity contribution >= 4 is 17.3 Å². The Labute approximate surface area is 162 Å². The third-order valence-electron chi connectivity index (χ3n) is 4.95. The van der Waals surface area contributed by atoms with Gasteiger partial charge in [-0.2, -0.15) is 0 Å². The Morgan fingerprint density at radius 3 is 2.70 bits per heavy atom. The molecule has 0 aliphatic carbocycles. The third-order valence-corrected chi connectivity index (χ3v) is 4.95. The van der Waals surface area contributed by atoms with Crippen molar-refractivity contribution in [2.45, 2.75) is 45.4 Å². The molecule has 0 aromatic heterocycles. The van der Waals surface area contributed by atoms with Gasteiger partial charge in [-0.3, -0.25) is 4.79 Å². The van der Waals surface area contributed by atoms with E-state index < -0.39 is 0 Å². The number of benzene rings is 2. The van der Waals surface area contributed by atoms with Gasteiger partial charge in [0, 0.05) is 17.9 Å². The van der Waals surface area contributed by atoms with Crippen molar-refractivity contribution in [3.63, 3.8) is 0 Å². The minimum atomic E-state index is 0.0138. The van der Waals surface area contributed by atoms with Gasteiger partial charge in [-0.15, -0.1) is 0 Å². The van der Waals surface area contributed by atoms with Gasteiger partial charge >= 0.3 is 0 Å². The summed E-state index contributed by atoms with van der Waals surface area (Å²) in [5.41, 5.74) is 3.33. The van der Waals surface area contributed by atoms with Crippen LogP contribution in [-0.4, -0.2) is 25.6 Å². The maximum Gasteiger partial charge on any atom is 0.243 e. The van der Waals surface area contributed by atoms with E-state index in [-0.39, 0.29) is 5.91 Å². The number of rotatable bonds is 9. The molecule has 1 aliphatic rings. The van der Waals surface area contributed by atoms with Crippen molar-refractivity contribution in [2.24, 2.45) is 0 Å². The Kier molecular flexibility index (Phi) is 7.14. The fraction of sp³-hybridized carbons (Fsp3) is 0.435. The number of unbranched alkanes of at least 4 members (excludes halogenated alkanes) is 3. The zero-order valence-corrected chi connectivity index (χ0v) is 16.2. The number of hydrogen-bond acceptors (Lipinski definition) is 3. The molecule has 1 aliphatic heterocycles. The van der Waals surface area contributed by atoms with Gasteiger partial charge in [0.2, 0.25) is 5.91 Å². The lowest BCUT2D eigenvalue weighted by Gasteiger charge is -2.30. The first kappa shape index (κ1) is 19.3. The predicted octanol–water partition coefficient (Wildman–Crippen LogP) is 5.04. The number of carbonyl (C=O) groups is 1. The molecular formula is C23H30N2O2. The van der Waals surface area contributed by atoms with E-state index in [1.807, 2.05) is 30.3 Å². The zero-order chi connectivity index (χ0) is 18.9. The van der Waals surface area contributed by atoms with Crippen LogP contribution in [0, 0.1) is 0 Å². The first-order valence-electron chi connectivity index (χ1n) is 10.1. The van der Waals surface area contributed by atoms with Crippen LogP contribution in [0.2, 0.25) is 0 Å². The molecule has 0 radical (unpaired) electrons. The molecule has 4 heteroatoms. The van der Waals surface area contributed by atoms with E-state index in [1.165, 1.54) is 30.5 Å². The van der Waals surface area contributed by atoms with Crippen LogP contribution in [0.4, 0.5) is 11.4 Å². The topological polar surface area (TPSA) is 41.6 Å². The molecule has 0 saturated carbocycles. The zero-order valence-electron chi connectivity index (χ0n) is 16.2. The maximum atomic E-state index is 12.5. The molecule has 4 nitrogen and oxygen atoms in total. The monoisotopic (exact) mass is 366 g/mol. The standard InChI is InChI=1S/C23H30N2O2/c1-2-3-4-7-17-27-21-14-12-20(13-15-21)24-23(26)18-25-16-8-10-19-9-5-6-11-22(19)25/h5-6,9,11-15H,2-4,7-8,10,16-18H2,1H3,(H,24,26). The van der Waals surface area contributed by atoms with E-state index in [2.05, 4.69) is 35.3 Å². The molecule has 0 atom stereocenters. The van der Waals surface area contributed by atoms with E-state index in [0.29, 0.717) is 6.54 Å². The number of nitrogens with one attached hydrogen (secondary N) is 1. The van der Waals surface area contributed by atoms with E-state index >= 15 is 0 Å². The number of aryl methyl sites for hydroxylation is 1. The molecule has 144 valence electrons. The number of ether oxygens (including phenoxy) is 1. The van der Waals surface area contributed by atoms with E-state index in [0.717, 1.165) is 43.9 Å². The molecule has 3 rings (SSSR count). The number of fused-ring (bicyclic) bond motifs is 1. The molecule has 2 aromatic rings. The van der Waals surface area contributed by atoms with Gasteiger partial charge in [0.15, 0.2) is 0 Å². The smallest absolute Gasteiger partial charge is 0.243 e. The average Bonchev–Trinajstić information content (AvgIpc) is 2.69. The number of anilines is 2. The van der Waals surface area contributed by atoms with Gasteiger partial charge in [0.1, 0.15) is 5.75 Å². The average molecular weight is 367 g/mol. The van der Waals surface area contributed by atoms with Crippen LogP contribution < -0.4 is 15.0 Å². The Balaban J connectivity index is 1.47. The summed E-state index contributed by atoms with van der Waals surface area (Å²) in [5, 5.41) is 3.00. The maximum absolute atomic E-state index is 12.5. The van der Waals surface area contributed by atoms with Crippen LogP contribution in [-0.2, 0) is 11.2 Å².